The zero-order valence-electron chi connectivity index (χ0n) is 15.4. The molecule has 1 aliphatic heterocycles. The summed E-state index contributed by atoms with van der Waals surface area (Å²) < 4.78 is 17.0. The second-order valence-electron chi connectivity index (χ2n) is 5.59. The molecule has 3 atom stereocenters. The van der Waals surface area contributed by atoms with Crippen LogP contribution in [0.5, 0.6) is 0 Å². The third kappa shape index (κ3) is 5.64. The Labute approximate surface area is 160 Å². The van der Waals surface area contributed by atoms with E-state index in [4.69, 9.17) is 9.57 Å². The normalized spacial score (nSPS) is 19.6. The second kappa shape index (κ2) is 10.1. The topological polar surface area (TPSA) is 65.0 Å². The van der Waals surface area contributed by atoms with Crippen LogP contribution in [0.3, 0.4) is 0 Å². The number of benzene rings is 1. The number of carbonyl (C=O) groups is 1. The van der Waals surface area contributed by atoms with Crippen LogP contribution in [0.4, 0.5) is 0 Å². The predicted molar refractivity (Wildman–Crippen MR) is 105 cm³/mol. The van der Waals surface area contributed by atoms with Crippen LogP contribution in [0, 0.1) is 0 Å². The van der Waals surface area contributed by atoms with Gasteiger partial charge in [0.05, 0.1) is 12.3 Å². The van der Waals surface area contributed by atoms with Crippen molar-refractivity contribution in [2.24, 2.45) is 5.16 Å². The van der Waals surface area contributed by atoms with Gasteiger partial charge in [-0.25, -0.2) is 0 Å². The van der Waals surface area contributed by atoms with Gasteiger partial charge in [-0.2, -0.15) is 0 Å². The first-order valence-corrected chi connectivity index (χ1v) is 10.7. The zero-order valence-corrected chi connectivity index (χ0v) is 17.8. The smallest absolute Gasteiger partial charge is 0.324 e. The highest BCUT2D eigenvalue weighted by Crippen LogP contribution is 2.29. The molecular formula is C18H26BrNO4S. The van der Waals surface area contributed by atoms with Gasteiger partial charge in [0.15, 0.2) is 0 Å². The fourth-order valence-corrected chi connectivity index (χ4v) is 3.37. The molecule has 25 heavy (non-hydrogen) atoms. The van der Waals surface area contributed by atoms with Gasteiger partial charge in [0.25, 0.3) is 0 Å². The molecule has 2 rings (SSSR count). The fraction of sp³-hybridized carbons (Fsp3) is 0.556. The second-order valence-corrected chi connectivity index (χ2v) is 8.31. The van der Waals surface area contributed by atoms with E-state index in [-0.39, 0.29) is 12.7 Å². The minimum absolute atomic E-state index is 0.262. The standard InChI is InChI=1S/C16H20BrNO4S.C2H6/c1-4-21-15(19)16(2,23(3)20)10-13-9-14(18-22-13)11-5-7-12(17)8-6-11;1-2/h5-8,13H,4,9-10H2,1-3H3;1-2H3. The highest BCUT2D eigenvalue weighted by atomic mass is 79.9. The van der Waals surface area contributed by atoms with Crippen molar-refractivity contribution in [3.63, 3.8) is 0 Å². The Kier molecular flexibility index (Phi) is 8.79. The number of rotatable bonds is 6. The van der Waals surface area contributed by atoms with Gasteiger partial charge in [0.2, 0.25) is 0 Å². The van der Waals surface area contributed by atoms with Crippen LogP contribution in [0.25, 0.3) is 0 Å². The molecule has 1 aromatic rings. The van der Waals surface area contributed by atoms with Gasteiger partial charge in [-0.15, -0.1) is 0 Å². The van der Waals surface area contributed by atoms with Crippen LogP contribution in [0.2, 0.25) is 0 Å². The Bertz CT molecular complexity index is 632. The van der Waals surface area contributed by atoms with E-state index in [0.29, 0.717) is 12.8 Å². The summed E-state index contributed by atoms with van der Waals surface area (Å²) in [4.78, 5) is 17.6. The van der Waals surface area contributed by atoms with Crippen molar-refractivity contribution in [2.45, 2.75) is 51.4 Å². The number of hydrogen-bond acceptors (Lipinski definition) is 5. The van der Waals surface area contributed by atoms with Crippen molar-refractivity contribution in [1.29, 1.82) is 0 Å². The zero-order chi connectivity index (χ0) is 19.0. The molecular weight excluding hydrogens is 406 g/mol. The van der Waals surface area contributed by atoms with Gasteiger partial charge in [0, 0.05) is 34.4 Å². The Hall–Kier alpha value is -1.21. The molecule has 1 aromatic carbocycles. The molecule has 0 fully saturated rings. The minimum Gasteiger partial charge on any atom is -0.465 e. The van der Waals surface area contributed by atoms with E-state index >= 15 is 0 Å². The van der Waals surface area contributed by atoms with Crippen LogP contribution in [-0.4, -0.2) is 39.6 Å². The van der Waals surface area contributed by atoms with Crippen molar-refractivity contribution in [2.75, 3.05) is 12.9 Å². The Morgan fingerprint density at radius 2 is 2.00 bits per heavy atom. The maximum atomic E-state index is 12.2. The summed E-state index contributed by atoms with van der Waals surface area (Å²) in [5.41, 5.74) is 1.81. The highest BCUT2D eigenvalue weighted by Gasteiger charge is 2.43. The van der Waals surface area contributed by atoms with Gasteiger partial charge in [-0.05, 0) is 31.5 Å². The molecule has 0 aromatic heterocycles. The molecule has 5 nitrogen and oxygen atoms in total. The van der Waals surface area contributed by atoms with Gasteiger partial charge in [-0.1, -0.05) is 47.1 Å². The molecule has 0 amide bonds. The quantitative estimate of drug-likeness (QED) is 0.636. The van der Waals surface area contributed by atoms with Gasteiger partial charge in [-0.3, -0.25) is 9.00 Å². The number of esters is 1. The monoisotopic (exact) mass is 431 g/mol. The fourth-order valence-electron chi connectivity index (χ4n) is 2.39. The average molecular weight is 432 g/mol. The lowest BCUT2D eigenvalue weighted by atomic mass is 9.97. The van der Waals surface area contributed by atoms with Crippen molar-refractivity contribution >= 4 is 38.4 Å². The van der Waals surface area contributed by atoms with Crippen molar-refractivity contribution in [3.05, 3.63) is 34.3 Å². The molecule has 0 N–H and O–H groups in total. The Morgan fingerprint density at radius 3 is 2.52 bits per heavy atom. The molecule has 1 heterocycles. The lowest BCUT2D eigenvalue weighted by Gasteiger charge is -2.26. The number of halogens is 1. The van der Waals surface area contributed by atoms with E-state index in [0.717, 1.165) is 15.7 Å². The van der Waals surface area contributed by atoms with E-state index in [1.165, 1.54) is 6.26 Å². The first kappa shape index (κ1) is 21.8. The molecule has 0 radical (unpaired) electrons. The maximum absolute atomic E-state index is 12.2. The van der Waals surface area contributed by atoms with Gasteiger partial charge >= 0.3 is 5.97 Å². The van der Waals surface area contributed by atoms with Gasteiger partial charge in [0.1, 0.15) is 10.9 Å². The van der Waals surface area contributed by atoms with Gasteiger partial charge < -0.3 is 9.57 Å². The summed E-state index contributed by atoms with van der Waals surface area (Å²) in [6.07, 6.45) is 2.11. The number of oxime groups is 1. The number of nitrogens with zero attached hydrogens (tertiary/aromatic N) is 1. The number of carbonyl (C=O) groups excluding carboxylic acids is 1. The van der Waals surface area contributed by atoms with Crippen LogP contribution < -0.4 is 0 Å². The minimum atomic E-state index is -1.37. The van der Waals surface area contributed by atoms with E-state index in [1.807, 2.05) is 38.1 Å². The number of hydrogen-bond donors (Lipinski definition) is 0. The first-order chi connectivity index (χ1) is 11.9. The maximum Gasteiger partial charge on any atom is 0.324 e. The first-order valence-electron chi connectivity index (χ1n) is 8.36. The summed E-state index contributed by atoms with van der Waals surface area (Å²) >= 11 is 3.40. The molecule has 0 bridgehead atoms. The highest BCUT2D eigenvalue weighted by molar-refractivity contribution is 9.10. The number of ether oxygens (including phenoxy) is 1. The molecule has 0 aliphatic carbocycles. The predicted octanol–water partition coefficient (Wildman–Crippen LogP) is 4.06. The average Bonchev–Trinajstić information content (AvgIpc) is 3.05. The SMILES string of the molecule is CC.CCOC(=O)C(C)(CC1CC(c2ccc(Br)cc2)=NO1)S(C)=O. The van der Waals surface area contributed by atoms with Crippen LogP contribution >= 0.6 is 15.9 Å². The third-order valence-electron chi connectivity index (χ3n) is 3.87. The molecule has 7 heteroatoms. The van der Waals surface area contributed by atoms with Crippen molar-refractivity contribution in [1.82, 2.24) is 0 Å². The Balaban J connectivity index is 0.00000151. The van der Waals surface area contributed by atoms with Crippen LogP contribution in [-0.2, 0) is 25.2 Å². The summed E-state index contributed by atoms with van der Waals surface area (Å²) in [7, 11) is -1.37. The van der Waals surface area contributed by atoms with Crippen molar-refractivity contribution in [3.8, 4) is 0 Å². The van der Waals surface area contributed by atoms with Crippen molar-refractivity contribution < 1.29 is 18.6 Å². The summed E-state index contributed by atoms with van der Waals surface area (Å²) in [6, 6.07) is 7.79. The van der Waals surface area contributed by atoms with Crippen LogP contribution in [0.1, 0.15) is 46.1 Å². The molecule has 0 saturated heterocycles. The molecule has 3 unspecified atom stereocenters. The third-order valence-corrected chi connectivity index (χ3v) is 6.00. The summed E-state index contributed by atoms with van der Waals surface area (Å²) in [5, 5.41) is 4.12. The van der Waals surface area contributed by atoms with E-state index in [1.54, 1.807) is 13.8 Å². The van der Waals surface area contributed by atoms with E-state index < -0.39 is 21.5 Å². The van der Waals surface area contributed by atoms with E-state index in [9.17, 15) is 9.00 Å². The van der Waals surface area contributed by atoms with E-state index in [2.05, 4.69) is 21.1 Å². The lowest BCUT2D eigenvalue weighted by molar-refractivity contribution is -0.146. The lowest BCUT2D eigenvalue weighted by Crippen LogP contribution is -2.44. The summed E-state index contributed by atoms with van der Waals surface area (Å²) in [5.74, 6) is -0.457. The summed E-state index contributed by atoms with van der Waals surface area (Å²) in [6.45, 7) is 7.65. The molecule has 1 aliphatic rings. The largest absolute Gasteiger partial charge is 0.465 e. The van der Waals surface area contributed by atoms with Crippen LogP contribution in [0.15, 0.2) is 33.9 Å². The molecule has 0 saturated carbocycles. The molecule has 140 valence electrons. The Morgan fingerprint density at radius 1 is 1.40 bits per heavy atom. The molecule has 0 spiro atoms.